The number of rotatable bonds is 3. The van der Waals surface area contributed by atoms with E-state index in [1.54, 1.807) is 0 Å². The lowest BCUT2D eigenvalue weighted by atomic mass is 10.1. The lowest BCUT2D eigenvalue weighted by Gasteiger charge is -2.09. The summed E-state index contributed by atoms with van der Waals surface area (Å²) in [5, 5.41) is 30.0. The van der Waals surface area contributed by atoms with Crippen molar-refractivity contribution in [2.45, 2.75) is 0 Å². The summed E-state index contributed by atoms with van der Waals surface area (Å²) in [4.78, 5) is 23.1. The third-order valence-electron chi connectivity index (χ3n) is 2.69. The molecule has 0 radical (unpaired) electrons. The van der Waals surface area contributed by atoms with Gasteiger partial charge in [0.15, 0.2) is 0 Å². The molecule has 0 aromatic heterocycles. The Morgan fingerprint density at radius 3 is 2.38 bits per heavy atom. The number of hydrogen-bond acceptors (Lipinski definition) is 4. The molecule has 0 aliphatic heterocycles. The van der Waals surface area contributed by atoms with E-state index >= 15 is 0 Å². The molecule has 0 fully saturated rings. The minimum Gasteiger partial charge on any atom is -0.508 e. The van der Waals surface area contributed by atoms with Crippen LogP contribution in [0.5, 0.6) is 11.5 Å². The average molecular weight is 308 g/mol. The Morgan fingerprint density at radius 2 is 1.76 bits per heavy atom. The number of anilines is 1. The van der Waals surface area contributed by atoms with Crippen molar-refractivity contribution in [3.63, 3.8) is 0 Å². The van der Waals surface area contributed by atoms with Gasteiger partial charge in [0.1, 0.15) is 11.5 Å². The predicted molar refractivity (Wildman–Crippen MR) is 76.1 cm³/mol. The molecule has 2 aromatic carbocycles. The van der Waals surface area contributed by atoms with Crippen LogP contribution in [-0.4, -0.2) is 27.2 Å². The minimum atomic E-state index is -1.29. The van der Waals surface area contributed by atoms with Crippen molar-refractivity contribution < 1.29 is 24.9 Å². The highest BCUT2D eigenvalue weighted by atomic mass is 35.5. The molecule has 0 heterocycles. The Kier molecular flexibility index (Phi) is 4.00. The summed E-state index contributed by atoms with van der Waals surface area (Å²) in [5.41, 5.74) is -0.0510. The summed E-state index contributed by atoms with van der Waals surface area (Å²) in [5.74, 6) is -2.27. The van der Waals surface area contributed by atoms with Crippen molar-refractivity contribution >= 4 is 29.2 Å². The van der Waals surface area contributed by atoms with Crippen LogP contribution in [0.1, 0.15) is 20.7 Å². The number of carboxylic acid groups (broad SMARTS) is 1. The molecule has 1 amide bonds. The van der Waals surface area contributed by atoms with Gasteiger partial charge in [-0.1, -0.05) is 11.6 Å². The maximum absolute atomic E-state index is 12.0. The second-order valence-corrected chi connectivity index (χ2v) is 4.56. The highest BCUT2D eigenvalue weighted by molar-refractivity contribution is 6.32. The number of aromatic hydroxyl groups is 2. The SMILES string of the molecule is O=C(Nc1ccc(O)cc1C(=O)O)c1ccc(O)c(Cl)c1. The fourth-order valence-electron chi connectivity index (χ4n) is 1.66. The van der Waals surface area contributed by atoms with Gasteiger partial charge in [0.2, 0.25) is 0 Å². The molecule has 0 atom stereocenters. The molecular formula is C14H10ClNO5. The molecule has 7 heteroatoms. The second-order valence-electron chi connectivity index (χ2n) is 4.16. The standard InChI is InChI=1S/C14H10ClNO5/c15-10-5-7(1-4-12(10)18)13(19)16-11-3-2-8(17)6-9(11)14(20)21/h1-6,17-18H,(H,16,19)(H,20,21). The summed E-state index contributed by atoms with van der Waals surface area (Å²) in [7, 11) is 0. The highest BCUT2D eigenvalue weighted by Crippen LogP contribution is 2.25. The molecule has 4 N–H and O–H groups in total. The number of aromatic carboxylic acids is 1. The summed E-state index contributed by atoms with van der Waals surface area (Å²) in [6, 6.07) is 7.42. The fraction of sp³-hybridized carbons (Fsp3) is 0. The van der Waals surface area contributed by atoms with E-state index in [9.17, 15) is 19.8 Å². The van der Waals surface area contributed by atoms with E-state index in [-0.39, 0.29) is 33.3 Å². The van der Waals surface area contributed by atoms with Crippen molar-refractivity contribution in [1.82, 2.24) is 0 Å². The Hall–Kier alpha value is -2.73. The maximum atomic E-state index is 12.0. The molecule has 21 heavy (non-hydrogen) atoms. The van der Waals surface area contributed by atoms with Crippen molar-refractivity contribution in [2.24, 2.45) is 0 Å². The van der Waals surface area contributed by atoms with Crippen molar-refractivity contribution in [3.05, 3.63) is 52.5 Å². The molecule has 6 nitrogen and oxygen atoms in total. The zero-order chi connectivity index (χ0) is 15.6. The normalized spacial score (nSPS) is 10.1. The molecule has 0 aliphatic rings. The first-order valence-electron chi connectivity index (χ1n) is 5.74. The number of carbonyl (C=O) groups is 2. The number of phenolic OH excluding ortho intramolecular Hbond substituents is 2. The molecule has 0 aliphatic carbocycles. The number of benzene rings is 2. The Morgan fingerprint density at radius 1 is 1.05 bits per heavy atom. The Bertz CT molecular complexity index is 729. The van der Waals surface area contributed by atoms with Gasteiger partial charge < -0.3 is 20.6 Å². The zero-order valence-electron chi connectivity index (χ0n) is 10.5. The van der Waals surface area contributed by atoms with Crippen LogP contribution in [0.4, 0.5) is 5.69 Å². The first kappa shape index (κ1) is 14.7. The molecular weight excluding hydrogens is 298 g/mol. The lowest BCUT2D eigenvalue weighted by molar-refractivity contribution is 0.0697. The monoisotopic (exact) mass is 307 g/mol. The maximum Gasteiger partial charge on any atom is 0.337 e. The molecule has 108 valence electrons. The van der Waals surface area contributed by atoms with Gasteiger partial charge in [-0.05, 0) is 36.4 Å². The van der Waals surface area contributed by atoms with Gasteiger partial charge in [0, 0.05) is 5.56 Å². The number of carboxylic acids is 1. The summed E-state index contributed by atoms with van der Waals surface area (Å²) >= 11 is 5.71. The van der Waals surface area contributed by atoms with Crippen LogP contribution in [0.3, 0.4) is 0 Å². The van der Waals surface area contributed by atoms with E-state index in [2.05, 4.69) is 5.32 Å². The number of amides is 1. The van der Waals surface area contributed by atoms with Crippen molar-refractivity contribution in [2.75, 3.05) is 5.32 Å². The minimum absolute atomic E-state index is 0.00631. The van der Waals surface area contributed by atoms with E-state index in [4.69, 9.17) is 16.7 Å². The average Bonchev–Trinajstić information content (AvgIpc) is 2.43. The van der Waals surface area contributed by atoms with E-state index in [1.807, 2.05) is 0 Å². The van der Waals surface area contributed by atoms with Gasteiger partial charge in [0.05, 0.1) is 16.3 Å². The van der Waals surface area contributed by atoms with Crippen molar-refractivity contribution in [3.8, 4) is 11.5 Å². The van der Waals surface area contributed by atoms with Crippen molar-refractivity contribution in [1.29, 1.82) is 0 Å². The van der Waals surface area contributed by atoms with Crippen LogP contribution >= 0.6 is 11.6 Å². The van der Waals surface area contributed by atoms with Gasteiger partial charge >= 0.3 is 5.97 Å². The molecule has 0 saturated heterocycles. The fourth-order valence-corrected chi connectivity index (χ4v) is 1.84. The summed E-state index contributed by atoms with van der Waals surface area (Å²) < 4.78 is 0. The molecule has 0 saturated carbocycles. The van der Waals surface area contributed by atoms with Crippen LogP contribution in [0, 0.1) is 0 Å². The number of phenols is 2. The predicted octanol–water partition coefficient (Wildman–Crippen LogP) is 2.70. The quantitative estimate of drug-likeness (QED) is 0.652. The smallest absolute Gasteiger partial charge is 0.337 e. The second kappa shape index (κ2) is 5.72. The first-order valence-corrected chi connectivity index (χ1v) is 6.12. The molecule has 0 spiro atoms. The van der Waals surface area contributed by atoms with Gasteiger partial charge in [-0.3, -0.25) is 4.79 Å². The number of carbonyl (C=O) groups excluding carboxylic acids is 1. The third-order valence-corrected chi connectivity index (χ3v) is 2.99. The van der Waals surface area contributed by atoms with E-state index in [1.165, 1.54) is 30.3 Å². The Balaban J connectivity index is 2.31. The van der Waals surface area contributed by atoms with Gasteiger partial charge in [-0.25, -0.2) is 4.79 Å². The Labute approximate surface area is 124 Å². The number of hydrogen-bond donors (Lipinski definition) is 4. The third kappa shape index (κ3) is 3.24. The summed E-state index contributed by atoms with van der Waals surface area (Å²) in [6.45, 7) is 0. The zero-order valence-corrected chi connectivity index (χ0v) is 11.3. The summed E-state index contributed by atoms with van der Waals surface area (Å²) in [6.07, 6.45) is 0. The van der Waals surface area contributed by atoms with E-state index in [0.29, 0.717) is 0 Å². The topological polar surface area (TPSA) is 107 Å². The molecule has 2 rings (SSSR count). The largest absolute Gasteiger partial charge is 0.508 e. The van der Waals surface area contributed by atoms with E-state index in [0.717, 1.165) is 6.07 Å². The van der Waals surface area contributed by atoms with Crippen LogP contribution in [0.25, 0.3) is 0 Å². The molecule has 0 bridgehead atoms. The van der Waals surface area contributed by atoms with Crippen LogP contribution in [0.2, 0.25) is 5.02 Å². The number of nitrogens with one attached hydrogen (secondary N) is 1. The van der Waals surface area contributed by atoms with Gasteiger partial charge in [-0.15, -0.1) is 0 Å². The molecule has 0 unspecified atom stereocenters. The van der Waals surface area contributed by atoms with Crippen LogP contribution < -0.4 is 5.32 Å². The van der Waals surface area contributed by atoms with Crippen LogP contribution in [-0.2, 0) is 0 Å². The van der Waals surface area contributed by atoms with E-state index < -0.39 is 11.9 Å². The lowest BCUT2D eigenvalue weighted by Crippen LogP contribution is -2.14. The molecule has 2 aromatic rings. The first-order chi connectivity index (χ1) is 9.88. The number of halogens is 1. The van der Waals surface area contributed by atoms with Crippen LogP contribution in [0.15, 0.2) is 36.4 Å². The van der Waals surface area contributed by atoms with Gasteiger partial charge in [-0.2, -0.15) is 0 Å². The van der Waals surface area contributed by atoms with Gasteiger partial charge in [0.25, 0.3) is 5.91 Å². The highest BCUT2D eigenvalue weighted by Gasteiger charge is 2.15.